The molecule has 1 fully saturated rings. The van der Waals surface area contributed by atoms with E-state index in [-0.39, 0.29) is 17.5 Å². The third-order valence-corrected chi connectivity index (χ3v) is 6.85. The molecule has 1 aliphatic rings. The zero-order valence-electron chi connectivity index (χ0n) is 15.5. The largest absolute Gasteiger partial charge is 0.330 e. The monoisotopic (exact) mass is 373 g/mol. The number of aryl methyl sites for hydroxylation is 1. The van der Waals surface area contributed by atoms with E-state index in [9.17, 15) is 8.42 Å². The lowest BCUT2D eigenvalue weighted by molar-refractivity contribution is -0.907. The maximum Gasteiger partial charge on any atom is 0.152 e. The Labute approximate surface area is 155 Å². The van der Waals surface area contributed by atoms with Gasteiger partial charge in [-0.05, 0) is 32.4 Å². The first-order chi connectivity index (χ1) is 12.3. The van der Waals surface area contributed by atoms with Crippen molar-refractivity contribution < 1.29 is 13.3 Å². The van der Waals surface area contributed by atoms with Crippen LogP contribution in [0.15, 0.2) is 24.3 Å². The van der Waals surface area contributed by atoms with Crippen LogP contribution in [0.25, 0.3) is 0 Å². The van der Waals surface area contributed by atoms with E-state index >= 15 is 0 Å². The molecule has 0 amide bonds. The molecule has 26 heavy (non-hydrogen) atoms. The number of hydrogen-bond donors (Lipinski definition) is 1. The molecule has 0 aliphatic carbocycles. The normalized spacial score (nSPS) is 20.0. The molecule has 1 aliphatic heterocycles. The van der Waals surface area contributed by atoms with Gasteiger partial charge in [0.25, 0.3) is 0 Å². The first-order valence-electron chi connectivity index (χ1n) is 8.84. The summed E-state index contributed by atoms with van der Waals surface area (Å²) >= 11 is 0. The minimum absolute atomic E-state index is 0.0358. The SMILES string of the molecule is Cc1nn([C@H]2CCS(=O)(=O)C2)c(C)c1C[NH+](C)Cc1ccc(C#N)cc1. The van der Waals surface area contributed by atoms with Crippen LogP contribution in [0.4, 0.5) is 0 Å². The molecule has 1 unspecified atom stereocenters. The van der Waals surface area contributed by atoms with Crippen molar-refractivity contribution in [3.05, 3.63) is 52.3 Å². The zero-order valence-corrected chi connectivity index (χ0v) is 16.3. The fraction of sp³-hybridized carbons (Fsp3) is 0.474. The number of aromatic nitrogens is 2. The van der Waals surface area contributed by atoms with Gasteiger partial charge in [0, 0.05) is 11.3 Å². The van der Waals surface area contributed by atoms with E-state index < -0.39 is 9.84 Å². The van der Waals surface area contributed by atoms with E-state index in [1.54, 1.807) is 0 Å². The van der Waals surface area contributed by atoms with Gasteiger partial charge in [-0.3, -0.25) is 4.68 Å². The molecule has 3 rings (SSSR count). The Kier molecular flexibility index (Phi) is 5.17. The van der Waals surface area contributed by atoms with E-state index in [1.807, 2.05) is 42.8 Å². The van der Waals surface area contributed by atoms with Gasteiger partial charge < -0.3 is 4.90 Å². The van der Waals surface area contributed by atoms with Gasteiger partial charge >= 0.3 is 0 Å². The summed E-state index contributed by atoms with van der Waals surface area (Å²) in [5.74, 6) is 0.456. The van der Waals surface area contributed by atoms with E-state index in [2.05, 4.69) is 18.2 Å². The summed E-state index contributed by atoms with van der Waals surface area (Å²) < 4.78 is 25.5. The van der Waals surface area contributed by atoms with Crippen LogP contribution in [-0.4, -0.2) is 36.8 Å². The van der Waals surface area contributed by atoms with Gasteiger partial charge in [-0.15, -0.1) is 0 Å². The number of quaternary nitrogens is 1. The fourth-order valence-electron chi connectivity index (χ4n) is 3.69. The molecule has 7 heteroatoms. The number of hydrogen-bond acceptors (Lipinski definition) is 4. The molecule has 2 atom stereocenters. The van der Waals surface area contributed by atoms with Gasteiger partial charge in [0.15, 0.2) is 9.84 Å². The van der Waals surface area contributed by atoms with Crippen LogP contribution in [0.5, 0.6) is 0 Å². The van der Waals surface area contributed by atoms with Crippen LogP contribution in [0.2, 0.25) is 0 Å². The minimum Gasteiger partial charge on any atom is -0.330 e. The first kappa shape index (κ1) is 18.6. The topological polar surface area (TPSA) is 80.2 Å². The highest BCUT2D eigenvalue weighted by Gasteiger charge is 2.31. The Balaban J connectivity index is 1.72. The molecule has 1 saturated heterocycles. The maximum absolute atomic E-state index is 11.8. The molecule has 0 spiro atoms. The van der Waals surface area contributed by atoms with Crippen LogP contribution in [0.1, 0.15) is 40.5 Å². The quantitative estimate of drug-likeness (QED) is 0.846. The molecule has 0 saturated carbocycles. The average molecular weight is 374 g/mol. The maximum atomic E-state index is 11.8. The Hall–Kier alpha value is -2.17. The highest BCUT2D eigenvalue weighted by atomic mass is 32.2. The van der Waals surface area contributed by atoms with Gasteiger partial charge in [0.05, 0.1) is 47.5 Å². The van der Waals surface area contributed by atoms with Crippen molar-refractivity contribution in [2.45, 2.75) is 39.4 Å². The van der Waals surface area contributed by atoms with Crippen LogP contribution in [-0.2, 0) is 22.9 Å². The van der Waals surface area contributed by atoms with Crippen LogP contribution < -0.4 is 4.90 Å². The molecular formula is C19H25N4O2S+. The summed E-state index contributed by atoms with van der Waals surface area (Å²) in [6.07, 6.45) is 0.650. The Morgan fingerprint density at radius 1 is 1.27 bits per heavy atom. The van der Waals surface area contributed by atoms with Crippen molar-refractivity contribution in [2.24, 2.45) is 0 Å². The first-order valence-corrected chi connectivity index (χ1v) is 10.7. The van der Waals surface area contributed by atoms with Crippen LogP contribution in [0.3, 0.4) is 0 Å². The van der Waals surface area contributed by atoms with Crippen molar-refractivity contribution in [2.75, 3.05) is 18.6 Å². The highest BCUT2D eigenvalue weighted by molar-refractivity contribution is 7.91. The third-order valence-electron chi connectivity index (χ3n) is 5.10. The van der Waals surface area contributed by atoms with Gasteiger partial charge in [-0.2, -0.15) is 10.4 Å². The molecular weight excluding hydrogens is 348 g/mol. The van der Waals surface area contributed by atoms with Crippen molar-refractivity contribution in [3.63, 3.8) is 0 Å². The van der Waals surface area contributed by atoms with Crippen molar-refractivity contribution >= 4 is 9.84 Å². The second-order valence-corrected chi connectivity index (χ2v) is 9.50. The van der Waals surface area contributed by atoms with Crippen molar-refractivity contribution in [1.29, 1.82) is 5.26 Å². The van der Waals surface area contributed by atoms with E-state index in [0.29, 0.717) is 12.0 Å². The summed E-state index contributed by atoms with van der Waals surface area (Å²) in [6.45, 7) is 5.72. The Bertz CT molecular complexity index is 939. The van der Waals surface area contributed by atoms with E-state index in [1.165, 1.54) is 16.0 Å². The highest BCUT2D eigenvalue weighted by Crippen LogP contribution is 2.26. The molecule has 6 nitrogen and oxygen atoms in total. The smallest absolute Gasteiger partial charge is 0.152 e. The molecule has 1 N–H and O–H groups in total. The average Bonchev–Trinajstić information content (AvgIpc) is 3.09. The van der Waals surface area contributed by atoms with Crippen molar-refractivity contribution in [3.8, 4) is 6.07 Å². The number of nitrogens with zero attached hydrogens (tertiary/aromatic N) is 3. The molecule has 1 aromatic carbocycles. The second kappa shape index (κ2) is 7.22. The predicted octanol–water partition coefficient (Wildman–Crippen LogP) is 0.946. The van der Waals surface area contributed by atoms with Crippen LogP contribution >= 0.6 is 0 Å². The van der Waals surface area contributed by atoms with Crippen molar-refractivity contribution in [1.82, 2.24) is 9.78 Å². The number of nitriles is 1. The Morgan fingerprint density at radius 2 is 1.96 bits per heavy atom. The molecule has 138 valence electrons. The molecule has 2 heterocycles. The summed E-state index contributed by atoms with van der Waals surface area (Å²) in [5.41, 5.74) is 5.10. The number of nitrogens with one attached hydrogen (secondary N) is 1. The summed E-state index contributed by atoms with van der Waals surface area (Å²) in [4.78, 5) is 1.32. The van der Waals surface area contributed by atoms with Gasteiger partial charge in [-0.1, -0.05) is 12.1 Å². The van der Waals surface area contributed by atoms with Gasteiger partial charge in [-0.25, -0.2) is 8.42 Å². The summed E-state index contributed by atoms with van der Waals surface area (Å²) in [7, 11) is -0.789. The standard InChI is InChI=1S/C19H24N4O2S/c1-14-19(12-22(3)11-17-6-4-16(10-20)5-7-17)15(2)23(21-14)18-8-9-26(24,25)13-18/h4-7,18H,8-9,11-13H2,1-3H3/p+1/t18-/m0/s1. The summed E-state index contributed by atoms with van der Waals surface area (Å²) in [5, 5.41) is 13.5. The number of sulfone groups is 1. The lowest BCUT2D eigenvalue weighted by Gasteiger charge is -2.15. The van der Waals surface area contributed by atoms with E-state index in [0.717, 1.165) is 24.5 Å². The second-order valence-electron chi connectivity index (χ2n) is 7.27. The number of benzene rings is 1. The molecule has 0 radical (unpaired) electrons. The van der Waals surface area contributed by atoms with Gasteiger partial charge in [0.1, 0.15) is 13.1 Å². The minimum atomic E-state index is -2.92. The lowest BCUT2D eigenvalue weighted by Crippen LogP contribution is -3.06. The molecule has 1 aromatic heterocycles. The number of rotatable bonds is 5. The van der Waals surface area contributed by atoms with Crippen LogP contribution in [0, 0.1) is 25.2 Å². The van der Waals surface area contributed by atoms with E-state index in [4.69, 9.17) is 5.26 Å². The predicted molar refractivity (Wildman–Crippen MR) is 99.5 cm³/mol. The van der Waals surface area contributed by atoms with Gasteiger partial charge in [0.2, 0.25) is 0 Å². The molecule has 2 aromatic rings. The lowest BCUT2D eigenvalue weighted by atomic mass is 10.1. The summed E-state index contributed by atoms with van der Waals surface area (Å²) in [6, 6.07) is 9.78. The fourth-order valence-corrected chi connectivity index (χ4v) is 5.38. The molecule has 0 bridgehead atoms. The zero-order chi connectivity index (χ0) is 18.9. The Morgan fingerprint density at radius 3 is 2.54 bits per heavy atom. The third kappa shape index (κ3) is 3.97.